The smallest absolute Gasteiger partial charge is 0.271 e. The van der Waals surface area contributed by atoms with Crippen LogP contribution < -0.4 is 5.73 Å². The lowest BCUT2D eigenvalue weighted by molar-refractivity contribution is 0.0996. The zero-order valence-electron chi connectivity index (χ0n) is 13.2. The van der Waals surface area contributed by atoms with Crippen LogP contribution in [0.5, 0.6) is 0 Å². The summed E-state index contributed by atoms with van der Waals surface area (Å²) in [6.07, 6.45) is 2.39. The van der Waals surface area contributed by atoms with E-state index < -0.39 is 5.91 Å². The zero-order chi connectivity index (χ0) is 15.9. The molecule has 6 heteroatoms. The fraction of sp³-hybridized carbons (Fsp3) is 0.438. The Hall–Kier alpha value is -2.21. The number of unbranched alkanes of at least 4 members (excludes halogenated alkanes) is 1. The van der Waals surface area contributed by atoms with Gasteiger partial charge in [-0.25, -0.2) is 0 Å². The van der Waals surface area contributed by atoms with Crippen LogP contribution in [-0.2, 0) is 6.54 Å². The van der Waals surface area contributed by atoms with Crippen LogP contribution in [0.4, 0.5) is 0 Å². The first kappa shape index (κ1) is 16.2. The Balaban J connectivity index is 2.19. The first-order chi connectivity index (χ1) is 10.7. The highest BCUT2D eigenvalue weighted by Gasteiger charge is 2.15. The number of nitrogens with one attached hydrogen (secondary N) is 1. The normalized spacial score (nSPS) is 11.0. The van der Waals surface area contributed by atoms with Gasteiger partial charge in [-0.05, 0) is 31.1 Å². The third-order valence-electron chi connectivity index (χ3n) is 3.66. The summed E-state index contributed by atoms with van der Waals surface area (Å²) >= 11 is 0. The van der Waals surface area contributed by atoms with E-state index in [1.165, 1.54) is 18.4 Å². The van der Waals surface area contributed by atoms with Crippen molar-refractivity contribution in [2.45, 2.75) is 33.2 Å². The molecular formula is C16H23N5O. The highest BCUT2D eigenvalue weighted by Crippen LogP contribution is 2.21. The minimum absolute atomic E-state index is 0.176. The summed E-state index contributed by atoms with van der Waals surface area (Å²) in [6.45, 7) is 7.36. The van der Waals surface area contributed by atoms with E-state index in [-0.39, 0.29) is 5.69 Å². The van der Waals surface area contributed by atoms with Crippen LogP contribution in [-0.4, -0.2) is 39.3 Å². The minimum atomic E-state index is -0.577. The lowest BCUT2D eigenvalue weighted by atomic mass is 10.1. The number of carbonyl (C=O) groups is 1. The maximum Gasteiger partial charge on any atom is 0.271 e. The second-order valence-corrected chi connectivity index (χ2v) is 5.31. The van der Waals surface area contributed by atoms with Gasteiger partial charge in [0, 0.05) is 12.1 Å². The van der Waals surface area contributed by atoms with Gasteiger partial charge in [-0.2, -0.15) is 15.4 Å². The van der Waals surface area contributed by atoms with Crippen LogP contribution in [0.15, 0.2) is 24.3 Å². The molecule has 1 heterocycles. The molecule has 0 bridgehead atoms. The number of H-pyrrole nitrogens is 1. The van der Waals surface area contributed by atoms with E-state index in [2.05, 4.69) is 40.2 Å². The summed E-state index contributed by atoms with van der Waals surface area (Å²) in [6, 6.07) is 8.01. The third kappa shape index (κ3) is 3.92. The van der Waals surface area contributed by atoms with Gasteiger partial charge in [-0.15, -0.1) is 0 Å². The molecule has 0 atom stereocenters. The molecule has 0 saturated heterocycles. The molecular weight excluding hydrogens is 278 g/mol. The van der Waals surface area contributed by atoms with Crippen molar-refractivity contribution in [3.05, 3.63) is 35.5 Å². The van der Waals surface area contributed by atoms with Crippen molar-refractivity contribution in [3.8, 4) is 11.3 Å². The molecule has 1 aromatic heterocycles. The summed E-state index contributed by atoms with van der Waals surface area (Å²) in [7, 11) is 0. The fourth-order valence-electron chi connectivity index (χ4n) is 2.41. The van der Waals surface area contributed by atoms with Crippen molar-refractivity contribution in [2.24, 2.45) is 5.73 Å². The average Bonchev–Trinajstić information content (AvgIpc) is 3.01. The molecule has 0 unspecified atom stereocenters. The molecule has 0 aliphatic carbocycles. The van der Waals surface area contributed by atoms with Gasteiger partial charge >= 0.3 is 0 Å². The summed E-state index contributed by atoms with van der Waals surface area (Å²) in [4.78, 5) is 13.8. The minimum Gasteiger partial charge on any atom is -0.364 e. The largest absolute Gasteiger partial charge is 0.364 e. The predicted molar refractivity (Wildman–Crippen MR) is 86.2 cm³/mol. The summed E-state index contributed by atoms with van der Waals surface area (Å²) in [5, 5.41) is 10.3. The number of primary amides is 1. The van der Waals surface area contributed by atoms with Gasteiger partial charge in [0.15, 0.2) is 5.69 Å². The molecule has 2 rings (SSSR count). The van der Waals surface area contributed by atoms with E-state index in [0.717, 1.165) is 25.2 Å². The predicted octanol–water partition coefficient (Wildman–Crippen LogP) is 2.19. The monoisotopic (exact) mass is 301 g/mol. The Morgan fingerprint density at radius 3 is 2.82 bits per heavy atom. The van der Waals surface area contributed by atoms with Crippen LogP contribution in [0.25, 0.3) is 11.3 Å². The van der Waals surface area contributed by atoms with E-state index in [9.17, 15) is 4.79 Å². The Morgan fingerprint density at radius 1 is 1.32 bits per heavy atom. The zero-order valence-corrected chi connectivity index (χ0v) is 13.2. The number of aromatic nitrogens is 3. The SMILES string of the molecule is CCCCN(CC)Cc1cccc(-c2n[nH]nc2C(N)=O)c1. The molecule has 1 aromatic carbocycles. The summed E-state index contributed by atoms with van der Waals surface area (Å²) < 4.78 is 0. The second-order valence-electron chi connectivity index (χ2n) is 5.31. The standard InChI is InChI=1S/C16H23N5O/c1-3-5-9-21(4-2)11-12-7-6-8-13(10-12)14-15(16(17)22)19-20-18-14/h6-8,10H,3-5,9,11H2,1-2H3,(H2,17,22)(H,18,19,20). The van der Waals surface area contributed by atoms with Gasteiger partial charge in [0.2, 0.25) is 0 Å². The first-order valence-corrected chi connectivity index (χ1v) is 7.68. The van der Waals surface area contributed by atoms with Gasteiger partial charge < -0.3 is 5.73 Å². The van der Waals surface area contributed by atoms with E-state index >= 15 is 0 Å². The number of benzene rings is 1. The van der Waals surface area contributed by atoms with Crippen molar-refractivity contribution in [1.29, 1.82) is 0 Å². The van der Waals surface area contributed by atoms with Crippen LogP contribution >= 0.6 is 0 Å². The Kier molecular flexibility index (Phi) is 5.66. The van der Waals surface area contributed by atoms with E-state index in [1.807, 2.05) is 18.2 Å². The van der Waals surface area contributed by atoms with Crippen LogP contribution in [0.3, 0.4) is 0 Å². The molecule has 0 radical (unpaired) electrons. The van der Waals surface area contributed by atoms with Crippen LogP contribution in [0.1, 0.15) is 42.7 Å². The quantitative estimate of drug-likeness (QED) is 0.782. The number of amides is 1. The lowest BCUT2D eigenvalue weighted by Gasteiger charge is -2.20. The number of hydrogen-bond donors (Lipinski definition) is 2. The summed E-state index contributed by atoms with van der Waals surface area (Å²) in [5.74, 6) is -0.577. The molecule has 0 aliphatic rings. The average molecular weight is 301 g/mol. The maximum atomic E-state index is 11.4. The molecule has 1 amide bonds. The molecule has 0 fully saturated rings. The first-order valence-electron chi connectivity index (χ1n) is 7.68. The molecule has 2 aromatic rings. The highest BCUT2D eigenvalue weighted by atomic mass is 16.1. The van der Waals surface area contributed by atoms with Crippen LogP contribution in [0, 0.1) is 0 Å². The molecule has 0 aliphatic heterocycles. The number of nitrogens with two attached hydrogens (primary N) is 1. The van der Waals surface area contributed by atoms with Crippen molar-refractivity contribution in [3.63, 3.8) is 0 Å². The van der Waals surface area contributed by atoms with Crippen LogP contribution in [0.2, 0.25) is 0 Å². The Morgan fingerprint density at radius 2 is 2.14 bits per heavy atom. The number of hydrogen-bond acceptors (Lipinski definition) is 4. The van der Waals surface area contributed by atoms with E-state index in [4.69, 9.17) is 5.73 Å². The Labute approximate surface area is 130 Å². The van der Waals surface area contributed by atoms with Gasteiger partial charge in [0.05, 0.1) is 0 Å². The molecule has 22 heavy (non-hydrogen) atoms. The number of aromatic amines is 1. The van der Waals surface area contributed by atoms with Gasteiger partial charge in [0.1, 0.15) is 5.69 Å². The fourth-order valence-corrected chi connectivity index (χ4v) is 2.41. The molecule has 6 nitrogen and oxygen atoms in total. The van der Waals surface area contributed by atoms with Gasteiger partial charge in [-0.1, -0.05) is 38.5 Å². The van der Waals surface area contributed by atoms with Crippen molar-refractivity contribution < 1.29 is 4.79 Å². The van der Waals surface area contributed by atoms with E-state index in [1.54, 1.807) is 0 Å². The third-order valence-corrected chi connectivity index (χ3v) is 3.66. The number of carbonyl (C=O) groups excluding carboxylic acids is 1. The molecule has 0 saturated carbocycles. The molecule has 118 valence electrons. The highest BCUT2D eigenvalue weighted by molar-refractivity contribution is 5.96. The number of nitrogens with zero attached hydrogens (tertiary/aromatic N) is 3. The van der Waals surface area contributed by atoms with E-state index in [0.29, 0.717) is 5.69 Å². The van der Waals surface area contributed by atoms with Crippen molar-refractivity contribution in [1.82, 2.24) is 20.3 Å². The lowest BCUT2D eigenvalue weighted by Crippen LogP contribution is -2.23. The molecule has 3 N–H and O–H groups in total. The Bertz CT molecular complexity index is 623. The second kappa shape index (κ2) is 7.70. The van der Waals surface area contributed by atoms with Crippen molar-refractivity contribution in [2.75, 3.05) is 13.1 Å². The number of rotatable bonds is 8. The topological polar surface area (TPSA) is 87.9 Å². The summed E-state index contributed by atoms with van der Waals surface area (Å²) in [5.41, 5.74) is 8.05. The van der Waals surface area contributed by atoms with Gasteiger partial charge in [-0.3, -0.25) is 9.69 Å². The maximum absolute atomic E-state index is 11.4. The van der Waals surface area contributed by atoms with Gasteiger partial charge in [0.25, 0.3) is 5.91 Å². The molecule has 0 spiro atoms. The van der Waals surface area contributed by atoms with Crippen molar-refractivity contribution >= 4 is 5.91 Å².